The summed E-state index contributed by atoms with van der Waals surface area (Å²) in [5.74, 6) is 5.84. The number of hydrogen-bond donors (Lipinski definition) is 2. The number of esters is 1. The molecule has 2 aromatic carbocycles. The van der Waals surface area contributed by atoms with Crippen LogP contribution in [0.5, 0.6) is 0 Å². The van der Waals surface area contributed by atoms with Gasteiger partial charge in [0.05, 0.1) is 35.2 Å². The molecular weight excluding hydrogens is 404 g/mol. The quantitative estimate of drug-likeness (QED) is 0.207. The number of ether oxygens (including phenoxy) is 2. The number of aryl methyl sites for hydroxylation is 2. The standard InChI is InChI=1S/C25H34N4O3/c1-16-12-19(13-17(2)22(16)24(30)32-25(4,5)6)15-31-11-7-10-29(28)21-9-8-20(14-26)18(3)23(21)27/h8-9,12-13H,7,10-11,15,27-28H2,1-6H3. The molecule has 0 bridgehead atoms. The third-order valence-corrected chi connectivity index (χ3v) is 5.07. The Morgan fingerprint density at radius 3 is 2.34 bits per heavy atom. The lowest BCUT2D eigenvalue weighted by Gasteiger charge is -2.22. The molecule has 0 saturated heterocycles. The third kappa shape index (κ3) is 6.46. The number of hydrazine groups is 1. The van der Waals surface area contributed by atoms with E-state index in [1.54, 1.807) is 17.1 Å². The molecule has 0 aliphatic carbocycles. The Kier molecular flexibility index (Phi) is 8.25. The van der Waals surface area contributed by atoms with E-state index in [0.29, 0.717) is 48.7 Å². The molecule has 0 unspecified atom stereocenters. The molecule has 0 heterocycles. The van der Waals surface area contributed by atoms with Gasteiger partial charge in [0.2, 0.25) is 0 Å². The SMILES string of the molecule is Cc1cc(COCCCN(N)c2ccc(C#N)c(C)c2N)cc(C)c1C(=O)OC(C)(C)C. The molecule has 172 valence electrons. The zero-order valence-electron chi connectivity index (χ0n) is 19.9. The summed E-state index contributed by atoms with van der Waals surface area (Å²) in [5.41, 5.74) is 11.4. The predicted molar refractivity (Wildman–Crippen MR) is 127 cm³/mol. The van der Waals surface area contributed by atoms with Crippen molar-refractivity contribution in [2.45, 2.75) is 60.2 Å². The first kappa shape index (κ1) is 25.2. The van der Waals surface area contributed by atoms with Crippen molar-refractivity contribution in [3.8, 4) is 6.07 Å². The second-order valence-electron chi connectivity index (χ2n) is 8.99. The Morgan fingerprint density at radius 2 is 1.78 bits per heavy atom. The molecule has 0 aromatic heterocycles. The van der Waals surface area contributed by atoms with Gasteiger partial charge in [-0.25, -0.2) is 10.6 Å². The van der Waals surface area contributed by atoms with Crippen molar-refractivity contribution >= 4 is 17.3 Å². The number of nitrogen functional groups attached to an aromatic ring is 1. The molecule has 0 atom stereocenters. The lowest BCUT2D eigenvalue weighted by atomic mass is 9.99. The number of rotatable bonds is 8. The maximum atomic E-state index is 12.5. The van der Waals surface area contributed by atoms with Crippen molar-refractivity contribution in [1.29, 1.82) is 5.26 Å². The topological polar surface area (TPSA) is 115 Å². The van der Waals surface area contributed by atoms with Gasteiger partial charge in [-0.3, -0.25) is 0 Å². The van der Waals surface area contributed by atoms with Gasteiger partial charge < -0.3 is 20.2 Å². The van der Waals surface area contributed by atoms with E-state index in [1.165, 1.54) is 0 Å². The Hall–Kier alpha value is -3.08. The average Bonchev–Trinajstić information content (AvgIpc) is 2.67. The lowest BCUT2D eigenvalue weighted by molar-refractivity contribution is 0.00678. The number of nitrogens with two attached hydrogens (primary N) is 2. The second kappa shape index (κ2) is 10.5. The van der Waals surface area contributed by atoms with E-state index >= 15 is 0 Å². The maximum Gasteiger partial charge on any atom is 0.339 e. The van der Waals surface area contributed by atoms with Crippen molar-refractivity contribution in [2.75, 3.05) is 23.9 Å². The highest BCUT2D eigenvalue weighted by Crippen LogP contribution is 2.27. The fourth-order valence-electron chi connectivity index (χ4n) is 3.52. The van der Waals surface area contributed by atoms with Crippen LogP contribution in [0, 0.1) is 32.1 Å². The number of carbonyl (C=O) groups excluding carboxylic acids is 1. The first-order chi connectivity index (χ1) is 14.9. The molecular formula is C25H34N4O3. The highest BCUT2D eigenvalue weighted by atomic mass is 16.6. The van der Waals surface area contributed by atoms with E-state index in [4.69, 9.17) is 26.3 Å². The van der Waals surface area contributed by atoms with Gasteiger partial charge in [-0.2, -0.15) is 5.26 Å². The third-order valence-electron chi connectivity index (χ3n) is 5.07. The normalized spacial score (nSPS) is 11.2. The Morgan fingerprint density at radius 1 is 1.16 bits per heavy atom. The van der Waals surface area contributed by atoms with Gasteiger partial charge >= 0.3 is 5.97 Å². The summed E-state index contributed by atoms with van der Waals surface area (Å²) in [7, 11) is 0. The van der Waals surface area contributed by atoms with Gasteiger partial charge in [0.1, 0.15) is 5.60 Å². The van der Waals surface area contributed by atoms with E-state index in [1.807, 2.05) is 53.7 Å². The molecule has 0 aliphatic heterocycles. The van der Waals surface area contributed by atoms with Crippen LogP contribution in [0.25, 0.3) is 0 Å². The van der Waals surface area contributed by atoms with E-state index in [2.05, 4.69) is 6.07 Å². The zero-order valence-corrected chi connectivity index (χ0v) is 19.9. The Labute approximate surface area is 190 Å². The second-order valence-corrected chi connectivity index (χ2v) is 8.99. The summed E-state index contributed by atoms with van der Waals surface area (Å²) in [6.45, 7) is 12.7. The molecule has 0 spiro atoms. The van der Waals surface area contributed by atoms with Gasteiger partial charge in [-0.1, -0.05) is 12.1 Å². The van der Waals surface area contributed by atoms with E-state index in [0.717, 1.165) is 22.3 Å². The van der Waals surface area contributed by atoms with Crippen LogP contribution in [0.3, 0.4) is 0 Å². The highest BCUT2D eigenvalue weighted by molar-refractivity contribution is 5.93. The fourth-order valence-corrected chi connectivity index (χ4v) is 3.52. The number of anilines is 2. The number of nitrogens with zero attached hydrogens (tertiary/aromatic N) is 2. The lowest BCUT2D eigenvalue weighted by Crippen LogP contribution is -2.33. The van der Waals surface area contributed by atoms with Crippen molar-refractivity contribution < 1.29 is 14.3 Å². The van der Waals surface area contributed by atoms with Gasteiger partial charge in [-0.05, 0) is 82.3 Å². The van der Waals surface area contributed by atoms with Crippen LogP contribution in [-0.4, -0.2) is 24.7 Å². The van der Waals surface area contributed by atoms with Crippen molar-refractivity contribution in [2.24, 2.45) is 5.84 Å². The molecule has 2 aromatic rings. The highest BCUT2D eigenvalue weighted by Gasteiger charge is 2.21. The van der Waals surface area contributed by atoms with Crippen LogP contribution in [0.1, 0.15) is 65.4 Å². The van der Waals surface area contributed by atoms with Crippen LogP contribution in [-0.2, 0) is 16.1 Å². The van der Waals surface area contributed by atoms with Crippen LogP contribution < -0.4 is 16.6 Å². The summed E-state index contributed by atoms with van der Waals surface area (Å²) in [4.78, 5) is 12.5. The van der Waals surface area contributed by atoms with E-state index in [9.17, 15) is 4.79 Å². The fraction of sp³-hybridized carbons (Fsp3) is 0.440. The summed E-state index contributed by atoms with van der Waals surface area (Å²) < 4.78 is 11.3. The summed E-state index contributed by atoms with van der Waals surface area (Å²) in [5, 5.41) is 10.7. The Balaban J connectivity index is 1.89. The molecule has 32 heavy (non-hydrogen) atoms. The summed E-state index contributed by atoms with van der Waals surface area (Å²) in [6, 6.07) is 9.53. The summed E-state index contributed by atoms with van der Waals surface area (Å²) in [6.07, 6.45) is 0.711. The van der Waals surface area contributed by atoms with Gasteiger partial charge in [0, 0.05) is 13.2 Å². The first-order valence-corrected chi connectivity index (χ1v) is 10.7. The van der Waals surface area contributed by atoms with Crippen LogP contribution in [0.2, 0.25) is 0 Å². The molecule has 0 fully saturated rings. The monoisotopic (exact) mass is 438 g/mol. The van der Waals surface area contributed by atoms with Crippen LogP contribution in [0.4, 0.5) is 11.4 Å². The van der Waals surface area contributed by atoms with E-state index in [-0.39, 0.29) is 5.97 Å². The van der Waals surface area contributed by atoms with Crippen LogP contribution >= 0.6 is 0 Å². The molecule has 7 heteroatoms. The van der Waals surface area contributed by atoms with Gasteiger partial charge in [-0.15, -0.1) is 0 Å². The minimum atomic E-state index is -0.532. The molecule has 7 nitrogen and oxygen atoms in total. The average molecular weight is 439 g/mol. The molecule has 0 aliphatic rings. The molecule has 2 rings (SSSR count). The summed E-state index contributed by atoms with van der Waals surface area (Å²) >= 11 is 0. The van der Waals surface area contributed by atoms with E-state index < -0.39 is 5.60 Å². The van der Waals surface area contributed by atoms with Crippen molar-refractivity contribution in [3.05, 3.63) is 57.6 Å². The zero-order chi connectivity index (χ0) is 24.1. The number of nitriles is 1. The molecule has 0 saturated carbocycles. The minimum Gasteiger partial charge on any atom is -0.456 e. The molecule has 0 radical (unpaired) electrons. The van der Waals surface area contributed by atoms with Gasteiger partial charge in [0.15, 0.2) is 0 Å². The van der Waals surface area contributed by atoms with Crippen molar-refractivity contribution in [1.82, 2.24) is 0 Å². The predicted octanol–water partition coefficient (Wildman–Crippen LogP) is 4.31. The Bertz CT molecular complexity index is 996. The maximum absolute atomic E-state index is 12.5. The number of benzene rings is 2. The minimum absolute atomic E-state index is 0.305. The smallest absolute Gasteiger partial charge is 0.339 e. The number of carbonyl (C=O) groups is 1. The molecule has 4 N–H and O–H groups in total. The van der Waals surface area contributed by atoms with Crippen LogP contribution in [0.15, 0.2) is 24.3 Å². The molecule has 0 amide bonds. The van der Waals surface area contributed by atoms with Crippen molar-refractivity contribution in [3.63, 3.8) is 0 Å². The first-order valence-electron chi connectivity index (χ1n) is 10.7. The number of hydrogen-bond acceptors (Lipinski definition) is 7. The van der Waals surface area contributed by atoms with Gasteiger partial charge in [0.25, 0.3) is 0 Å². The largest absolute Gasteiger partial charge is 0.456 e.